The summed E-state index contributed by atoms with van der Waals surface area (Å²) in [6, 6.07) is 1.94. The van der Waals surface area contributed by atoms with E-state index in [1.54, 1.807) is 13.2 Å². The van der Waals surface area contributed by atoms with Gasteiger partial charge in [-0.2, -0.15) is 0 Å². The highest BCUT2D eigenvalue weighted by molar-refractivity contribution is 9.09. The van der Waals surface area contributed by atoms with Gasteiger partial charge in [-0.25, -0.2) is 0 Å². The molecule has 0 spiro atoms. The molecule has 0 fully saturated rings. The van der Waals surface area contributed by atoms with Gasteiger partial charge in [-0.15, -0.1) is 11.3 Å². The van der Waals surface area contributed by atoms with E-state index in [-0.39, 0.29) is 11.9 Å². The van der Waals surface area contributed by atoms with Crippen molar-refractivity contribution in [2.45, 2.75) is 19.9 Å². The smallest absolute Gasteiger partial charge is 0.265 e. The van der Waals surface area contributed by atoms with E-state index < -0.39 is 0 Å². The summed E-state index contributed by atoms with van der Waals surface area (Å²) < 4.78 is 5.12. The molecule has 1 aromatic heterocycles. The Labute approximate surface area is 108 Å². The number of hydrogen-bond acceptors (Lipinski definition) is 3. The Bertz CT molecular complexity index is 354. The monoisotopic (exact) mass is 305 g/mol. The molecule has 2 unspecified atom stereocenters. The molecule has 0 saturated heterocycles. The average molecular weight is 306 g/mol. The fourth-order valence-corrected chi connectivity index (χ4v) is 2.49. The van der Waals surface area contributed by atoms with Crippen LogP contribution in [0.25, 0.3) is 0 Å². The van der Waals surface area contributed by atoms with Crippen molar-refractivity contribution < 1.29 is 9.53 Å². The zero-order chi connectivity index (χ0) is 12.1. The molecule has 0 aliphatic heterocycles. The number of alkyl halides is 1. The molecule has 0 aliphatic carbocycles. The summed E-state index contributed by atoms with van der Waals surface area (Å²) in [5.74, 6) is 0.975. The van der Waals surface area contributed by atoms with Gasteiger partial charge in [-0.1, -0.05) is 22.9 Å². The predicted octanol–water partition coefficient (Wildman–Crippen LogP) is 2.91. The molecule has 2 atom stereocenters. The average Bonchev–Trinajstić information content (AvgIpc) is 2.75. The van der Waals surface area contributed by atoms with Crippen LogP contribution in [0.5, 0.6) is 5.75 Å². The molecule has 1 amide bonds. The number of halogens is 1. The Morgan fingerprint density at radius 3 is 2.88 bits per heavy atom. The van der Waals surface area contributed by atoms with Crippen molar-refractivity contribution >= 4 is 33.2 Å². The van der Waals surface area contributed by atoms with Gasteiger partial charge in [0.15, 0.2) is 0 Å². The largest absolute Gasteiger partial charge is 0.495 e. The number of ether oxygens (including phenoxy) is 1. The van der Waals surface area contributed by atoms with Crippen molar-refractivity contribution in [1.29, 1.82) is 0 Å². The normalized spacial score (nSPS) is 14.2. The number of amides is 1. The van der Waals surface area contributed by atoms with Crippen molar-refractivity contribution in [3.8, 4) is 5.75 Å². The first kappa shape index (κ1) is 13.5. The lowest BCUT2D eigenvalue weighted by atomic mass is 10.1. The third kappa shape index (κ3) is 3.22. The second-order valence-corrected chi connectivity index (χ2v) is 5.28. The SMILES string of the molecule is COc1ccsc1C(=O)NC(C)C(C)CBr. The maximum Gasteiger partial charge on any atom is 0.265 e. The van der Waals surface area contributed by atoms with Crippen molar-refractivity contribution in [1.82, 2.24) is 5.32 Å². The molecule has 1 heterocycles. The van der Waals surface area contributed by atoms with Crippen LogP contribution in [0, 0.1) is 5.92 Å². The first-order valence-corrected chi connectivity index (χ1v) is 7.08. The molecule has 0 saturated carbocycles. The topological polar surface area (TPSA) is 38.3 Å². The van der Waals surface area contributed by atoms with Crippen LogP contribution in [0.3, 0.4) is 0 Å². The summed E-state index contributed by atoms with van der Waals surface area (Å²) in [4.78, 5) is 12.6. The second kappa shape index (κ2) is 6.25. The van der Waals surface area contributed by atoms with Crippen LogP contribution in [0.4, 0.5) is 0 Å². The van der Waals surface area contributed by atoms with E-state index in [0.717, 1.165) is 5.33 Å². The van der Waals surface area contributed by atoms with Crippen LogP contribution >= 0.6 is 27.3 Å². The highest BCUT2D eigenvalue weighted by Gasteiger charge is 2.18. The minimum Gasteiger partial charge on any atom is -0.495 e. The standard InChI is InChI=1S/C11H16BrNO2S/c1-7(6-12)8(2)13-11(14)10-9(15-3)4-5-16-10/h4-5,7-8H,6H2,1-3H3,(H,13,14). The Morgan fingerprint density at radius 2 is 2.31 bits per heavy atom. The fraction of sp³-hybridized carbons (Fsp3) is 0.545. The Kier molecular flexibility index (Phi) is 5.28. The molecular formula is C11H16BrNO2S. The van der Waals surface area contributed by atoms with Crippen molar-refractivity contribution in [2.24, 2.45) is 5.92 Å². The van der Waals surface area contributed by atoms with E-state index >= 15 is 0 Å². The van der Waals surface area contributed by atoms with Gasteiger partial charge in [0.25, 0.3) is 5.91 Å². The van der Waals surface area contributed by atoms with Crippen LogP contribution in [-0.2, 0) is 0 Å². The van der Waals surface area contributed by atoms with Crippen molar-refractivity contribution in [2.75, 3.05) is 12.4 Å². The molecule has 0 aliphatic rings. The summed E-state index contributed by atoms with van der Waals surface area (Å²) in [5.41, 5.74) is 0. The van der Waals surface area contributed by atoms with Gasteiger partial charge < -0.3 is 10.1 Å². The van der Waals surface area contributed by atoms with E-state index in [1.165, 1.54) is 11.3 Å². The molecule has 1 rings (SSSR count). The molecule has 0 aromatic carbocycles. The highest BCUT2D eigenvalue weighted by atomic mass is 79.9. The molecule has 90 valence electrons. The fourth-order valence-electron chi connectivity index (χ4n) is 1.17. The van der Waals surface area contributed by atoms with E-state index in [2.05, 4.69) is 28.2 Å². The zero-order valence-electron chi connectivity index (χ0n) is 9.62. The number of hydrogen-bond donors (Lipinski definition) is 1. The highest BCUT2D eigenvalue weighted by Crippen LogP contribution is 2.24. The number of nitrogens with one attached hydrogen (secondary N) is 1. The molecule has 3 nitrogen and oxygen atoms in total. The predicted molar refractivity (Wildman–Crippen MR) is 70.8 cm³/mol. The lowest BCUT2D eigenvalue weighted by Crippen LogP contribution is -2.37. The first-order valence-electron chi connectivity index (χ1n) is 5.08. The van der Waals surface area contributed by atoms with Gasteiger partial charge in [-0.05, 0) is 24.3 Å². The molecule has 5 heteroatoms. The molecule has 1 N–H and O–H groups in total. The zero-order valence-corrected chi connectivity index (χ0v) is 12.0. The van der Waals surface area contributed by atoms with Crippen LogP contribution in [0.15, 0.2) is 11.4 Å². The molecule has 1 aromatic rings. The third-order valence-corrected chi connectivity index (χ3v) is 4.43. The number of rotatable bonds is 5. The van der Waals surface area contributed by atoms with E-state index in [4.69, 9.17) is 4.74 Å². The maximum absolute atomic E-state index is 11.9. The summed E-state index contributed by atoms with van der Waals surface area (Å²) in [5, 5.41) is 5.69. The first-order chi connectivity index (χ1) is 7.60. The van der Waals surface area contributed by atoms with Gasteiger partial charge in [0.05, 0.1) is 7.11 Å². The number of carbonyl (C=O) groups is 1. The van der Waals surface area contributed by atoms with Crippen LogP contribution in [0.1, 0.15) is 23.5 Å². The summed E-state index contributed by atoms with van der Waals surface area (Å²) >= 11 is 4.80. The minimum absolute atomic E-state index is 0.0628. The summed E-state index contributed by atoms with van der Waals surface area (Å²) in [6.07, 6.45) is 0. The maximum atomic E-state index is 11.9. The Morgan fingerprint density at radius 1 is 1.62 bits per heavy atom. The van der Waals surface area contributed by atoms with E-state index in [0.29, 0.717) is 16.5 Å². The summed E-state index contributed by atoms with van der Waals surface area (Å²) in [6.45, 7) is 4.09. The van der Waals surface area contributed by atoms with E-state index in [9.17, 15) is 4.79 Å². The molecule has 16 heavy (non-hydrogen) atoms. The minimum atomic E-state index is -0.0628. The quantitative estimate of drug-likeness (QED) is 0.850. The number of carbonyl (C=O) groups excluding carboxylic acids is 1. The lowest BCUT2D eigenvalue weighted by Gasteiger charge is -2.19. The molecular weight excluding hydrogens is 290 g/mol. The van der Waals surface area contributed by atoms with E-state index in [1.807, 2.05) is 12.3 Å². The Balaban J connectivity index is 2.65. The van der Waals surface area contributed by atoms with Crippen LogP contribution in [-0.4, -0.2) is 24.4 Å². The van der Waals surface area contributed by atoms with Crippen molar-refractivity contribution in [3.05, 3.63) is 16.3 Å². The second-order valence-electron chi connectivity index (χ2n) is 3.71. The van der Waals surface area contributed by atoms with Gasteiger partial charge in [0.2, 0.25) is 0 Å². The van der Waals surface area contributed by atoms with Gasteiger partial charge >= 0.3 is 0 Å². The van der Waals surface area contributed by atoms with Crippen molar-refractivity contribution in [3.63, 3.8) is 0 Å². The lowest BCUT2D eigenvalue weighted by molar-refractivity contribution is 0.0932. The summed E-state index contributed by atoms with van der Waals surface area (Å²) in [7, 11) is 1.57. The molecule has 0 bridgehead atoms. The Hall–Kier alpha value is -0.550. The van der Waals surface area contributed by atoms with Gasteiger partial charge in [0.1, 0.15) is 10.6 Å². The van der Waals surface area contributed by atoms with Crippen LogP contribution < -0.4 is 10.1 Å². The molecule has 0 radical (unpaired) electrons. The van der Waals surface area contributed by atoms with Gasteiger partial charge in [0, 0.05) is 11.4 Å². The van der Waals surface area contributed by atoms with Gasteiger partial charge in [-0.3, -0.25) is 4.79 Å². The number of methoxy groups -OCH3 is 1. The van der Waals surface area contributed by atoms with Crippen LogP contribution in [0.2, 0.25) is 0 Å². The number of thiophene rings is 1. The third-order valence-electron chi connectivity index (χ3n) is 2.51.